The maximum absolute atomic E-state index is 14.1. The van der Waals surface area contributed by atoms with E-state index in [1.807, 2.05) is 103 Å². The number of amides is 3. The van der Waals surface area contributed by atoms with Crippen molar-refractivity contribution in [2.24, 2.45) is 0 Å². The summed E-state index contributed by atoms with van der Waals surface area (Å²) in [4.78, 5) is 44.0. The molecule has 8 heteroatoms. The summed E-state index contributed by atoms with van der Waals surface area (Å²) in [6.45, 7) is 1.58. The van der Waals surface area contributed by atoms with E-state index in [9.17, 15) is 14.4 Å². The Balaban J connectivity index is 1.23. The number of aryl methyl sites for hydroxylation is 1. The van der Waals surface area contributed by atoms with E-state index in [2.05, 4.69) is 17.4 Å². The standard InChI is InChI=1S/C39H43N3O5/c1-41(25-11-19-30-13-5-2-6-14-30)38(44)36-20-12-26-42(36)37(43)35(40-39(45)47-29-33-17-9-4-10-18-33)27-31-21-23-34(24-22-31)46-28-32-15-7-3-8-16-32/h2-10,13-18,21-24,35-36H,11-12,19-20,25-29H2,1H3,(H,40,45)/t35-,36-/m0/s1. The average Bonchev–Trinajstić information content (AvgIpc) is 3.61. The van der Waals surface area contributed by atoms with Gasteiger partial charge in [-0.15, -0.1) is 0 Å². The van der Waals surface area contributed by atoms with E-state index >= 15 is 0 Å². The van der Waals surface area contributed by atoms with Gasteiger partial charge in [-0.2, -0.15) is 0 Å². The molecular weight excluding hydrogens is 590 g/mol. The van der Waals surface area contributed by atoms with Crippen molar-refractivity contribution in [3.05, 3.63) is 138 Å². The Morgan fingerprint density at radius 1 is 0.787 bits per heavy atom. The zero-order valence-corrected chi connectivity index (χ0v) is 26.9. The van der Waals surface area contributed by atoms with Gasteiger partial charge in [0.15, 0.2) is 0 Å². The van der Waals surface area contributed by atoms with E-state index in [0.29, 0.717) is 31.9 Å². The third kappa shape index (κ3) is 9.94. The predicted molar refractivity (Wildman–Crippen MR) is 182 cm³/mol. The first kappa shape index (κ1) is 33.3. The number of carbonyl (C=O) groups excluding carboxylic acids is 3. The zero-order chi connectivity index (χ0) is 32.8. The molecule has 0 aromatic heterocycles. The van der Waals surface area contributed by atoms with Crippen LogP contribution in [0.25, 0.3) is 0 Å². The van der Waals surface area contributed by atoms with E-state index in [0.717, 1.165) is 36.0 Å². The fourth-order valence-electron chi connectivity index (χ4n) is 5.82. The Bertz CT molecular complexity index is 1570. The second-order valence-electron chi connectivity index (χ2n) is 11.9. The van der Waals surface area contributed by atoms with Crippen LogP contribution in [0.1, 0.15) is 41.5 Å². The molecule has 5 rings (SSSR count). The highest BCUT2D eigenvalue weighted by Gasteiger charge is 2.39. The van der Waals surface area contributed by atoms with E-state index < -0.39 is 18.2 Å². The maximum Gasteiger partial charge on any atom is 0.408 e. The SMILES string of the molecule is CN(CCCc1ccccc1)C(=O)[C@@H]1CCCN1C(=O)[C@H](Cc1ccc(OCc2ccccc2)cc1)NC(=O)OCc1ccccc1. The van der Waals surface area contributed by atoms with Gasteiger partial charge in [0.25, 0.3) is 0 Å². The molecule has 0 aliphatic carbocycles. The molecule has 1 heterocycles. The Hall–Kier alpha value is -5.11. The molecule has 3 amide bonds. The van der Waals surface area contributed by atoms with Gasteiger partial charge >= 0.3 is 6.09 Å². The van der Waals surface area contributed by atoms with Gasteiger partial charge in [-0.1, -0.05) is 103 Å². The molecule has 0 unspecified atom stereocenters. The molecule has 2 atom stereocenters. The minimum atomic E-state index is -0.911. The molecule has 4 aromatic rings. The van der Waals surface area contributed by atoms with Crippen LogP contribution in [-0.4, -0.2) is 59.9 Å². The fraction of sp³-hybridized carbons (Fsp3) is 0.308. The highest BCUT2D eigenvalue weighted by Crippen LogP contribution is 2.22. The molecular formula is C39H43N3O5. The minimum absolute atomic E-state index is 0.0748. The molecule has 0 radical (unpaired) electrons. The van der Waals surface area contributed by atoms with Crippen LogP contribution in [0.4, 0.5) is 4.79 Å². The Morgan fingerprint density at radius 2 is 1.38 bits per heavy atom. The number of rotatable bonds is 14. The molecule has 47 heavy (non-hydrogen) atoms. The molecule has 1 N–H and O–H groups in total. The third-order valence-corrected chi connectivity index (χ3v) is 8.41. The number of ether oxygens (including phenoxy) is 2. The summed E-state index contributed by atoms with van der Waals surface area (Å²) in [5, 5.41) is 2.81. The van der Waals surface area contributed by atoms with Crippen LogP contribution in [0, 0.1) is 0 Å². The summed E-state index contributed by atoms with van der Waals surface area (Å²) >= 11 is 0. The lowest BCUT2D eigenvalue weighted by Gasteiger charge is -2.31. The van der Waals surface area contributed by atoms with E-state index in [1.54, 1.807) is 16.8 Å². The van der Waals surface area contributed by atoms with Crippen molar-refractivity contribution in [1.82, 2.24) is 15.1 Å². The predicted octanol–water partition coefficient (Wildman–Crippen LogP) is 6.19. The monoisotopic (exact) mass is 633 g/mol. The lowest BCUT2D eigenvalue weighted by Crippen LogP contribution is -2.54. The molecule has 0 spiro atoms. The van der Waals surface area contributed by atoms with Crippen LogP contribution in [0.15, 0.2) is 115 Å². The summed E-state index contributed by atoms with van der Waals surface area (Å²) in [5.74, 6) is 0.338. The number of alkyl carbamates (subject to hydrolysis) is 1. The van der Waals surface area contributed by atoms with Crippen LogP contribution in [0.3, 0.4) is 0 Å². The number of hydrogen-bond acceptors (Lipinski definition) is 5. The van der Waals surface area contributed by atoms with Crippen LogP contribution in [0.2, 0.25) is 0 Å². The fourth-order valence-corrected chi connectivity index (χ4v) is 5.82. The first-order valence-electron chi connectivity index (χ1n) is 16.3. The molecule has 1 fully saturated rings. The summed E-state index contributed by atoms with van der Waals surface area (Å²) < 4.78 is 11.4. The van der Waals surface area contributed by atoms with Gasteiger partial charge < -0.3 is 24.6 Å². The minimum Gasteiger partial charge on any atom is -0.489 e. The van der Waals surface area contributed by atoms with Crippen molar-refractivity contribution in [2.75, 3.05) is 20.1 Å². The number of likely N-dealkylation sites (N-methyl/N-ethyl adjacent to an activating group) is 1. The number of carbonyl (C=O) groups is 3. The van der Waals surface area contributed by atoms with Gasteiger partial charge in [0, 0.05) is 26.6 Å². The van der Waals surface area contributed by atoms with Crippen LogP contribution in [-0.2, 0) is 40.4 Å². The van der Waals surface area contributed by atoms with Crippen LogP contribution < -0.4 is 10.1 Å². The van der Waals surface area contributed by atoms with Crippen molar-refractivity contribution in [3.8, 4) is 5.75 Å². The van der Waals surface area contributed by atoms with Crippen molar-refractivity contribution < 1.29 is 23.9 Å². The zero-order valence-electron chi connectivity index (χ0n) is 26.9. The quantitative estimate of drug-likeness (QED) is 0.179. The summed E-state index contributed by atoms with van der Waals surface area (Å²) in [7, 11) is 1.80. The molecule has 244 valence electrons. The number of likely N-dealkylation sites (tertiary alicyclic amines) is 1. The Labute approximate surface area is 277 Å². The molecule has 4 aromatic carbocycles. The lowest BCUT2D eigenvalue weighted by atomic mass is 10.0. The molecule has 0 bridgehead atoms. The number of nitrogens with zero attached hydrogens (tertiary/aromatic N) is 2. The van der Waals surface area contributed by atoms with Gasteiger partial charge in [-0.05, 0) is 60.1 Å². The number of nitrogens with one attached hydrogen (secondary N) is 1. The first-order chi connectivity index (χ1) is 23.0. The van der Waals surface area contributed by atoms with Crippen LogP contribution >= 0.6 is 0 Å². The van der Waals surface area contributed by atoms with Crippen molar-refractivity contribution >= 4 is 17.9 Å². The van der Waals surface area contributed by atoms with E-state index in [-0.39, 0.29) is 24.8 Å². The lowest BCUT2D eigenvalue weighted by molar-refractivity contribution is -0.144. The van der Waals surface area contributed by atoms with E-state index in [4.69, 9.17) is 9.47 Å². The molecule has 0 saturated carbocycles. The van der Waals surface area contributed by atoms with Crippen molar-refractivity contribution in [1.29, 1.82) is 0 Å². The Kier molecular flexibility index (Phi) is 12.0. The highest BCUT2D eigenvalue weighted by atomic mass is 16.5. The highest BCUT2D eigenvalue weighted by molar-refractivity contribution is 5.92. The molecule has 1 aliphatic rings. The van der Waals surface area contributed by atoms with Gasteiger partial charge in [-0.3, -0.25) is 9.59 Å². The number of hydrogen-bond donors (Lipinski definition) is 1. The van der Waals surface area contributed by atoms with E-state index in [1.165, 1.54) is 5.56 Å². The second-order valence-corrected chi connectivity index (χ2v) is 11.9. The number of benzene rings is 4. The molecule has 1 saturated heterocycles. The smallest absolute Gasteiger partial charge is 0.408 e. The normalized spacial score (nSPS) is 14.7. The topological polar surface area (TPSA) is 88.2 Å². The molecule has 1 aliphatic heterocycles. The second kappa shape index (κ2) is 17.0. The third-order valence-electron chi connectivity index (χ3n) is 8.41. The Morgan fingerprint density at radius 3 is 2.02 bits per heavy atom. The largest absolute Gasteiger partial charge is 0.489 e. The van der Waals surface area contributed by atoms with Gasteiger partial charge in [0.05, 0.1) is 0 Å². The van der Waals surface area contributed by atoms with Gasteiger partial charge in [0.1, 0.15) is 31.0 Å². The maximum atomic E-state index is 14.1. The summed E-state index contributed by atoms with van der Waals surface area (Å²) in [5.41, 5.74) is 3.99. The van der Waals surface area contributed by atoms with Crippen molar-refractivity contribution in [3.63, 3.8) is 0 Å². The van der Waals surface area contributed by atoms with Gasteiger partial charge in [-0.25, -0.2) is 4.79 Å². The average molecular weight is 634 g/mol. The van der Waals surface area contributed by atoms with Crippen LogP contribution in [0.5, 0.6) is 5.75 Å². The van der Waals surface area contributed by atoms with Crippen molar-refractivity contribution in [2.45, 2.75) is 57.4 Å². The van der Waals surface area contributed by atoms with Gasteiger partial charge in [0.2, 0.25) is 11.8 Å². The molecule has 8 nitrogen and oxygen atoms in total. The first-order valence-corrected chi connectivity index (χ1v) is 16.3. The summed E-state index contributed by atoms with van der Waals surface area (Å²) in [6, 6.07) is 35.5. The summed E-state index contributed by atoms with van der Waals surface area (Å²) in [6.07, 6.45) is 2.57.